The van der Waals surface area contributed by atoms with Crippen molar-refractivity contribution in [3.63, 3.8) is 0 Å². The zero-order valence-corrected chi connectivity index (χ0v) is 18.8. The van der Waals surface area contributed by atoms with Crippen molar-refractivity contribution >= 4 is 23.3 Å². The van der Waals surface area contributed by atoms with Gasteiger partial charge in [0.25, 0.3) is 5.91 Å². The molecule has 7 nitrogen and oxygen atoms in total. The van der Waals surface area contributed by atoms with E-state index in [9.17, 15) is 9.59 Å². The second-order valence-electron chi connectivity index (χ2n) is 8.26. The van der Waals surface area contributed by atoms with Gasteiger partial charge in [-0.05, 0) is 44.9 Å². The molecule has 1 aromatic carbocycles. The molecule has 1 aliphatic heterocycles. The van der Waals surface area contributed by atoms with Crippen LogP contribution < -0.4 is 4.74 Å². The predicted octanol–water partition coefficient (Wildman–Crippen LogP) is 3.83. The molecule has 162 valence electrons. The Morgan fingerprint density at radius 2 is 1.73 bits per heavy atom. The maximum Gasteiger partial charge on any atom is 0.410 e. The van der Waals surface area contributed by atoms with Crippen molar-refractivity contribution in [2.75, 3.05) is 33.3 Å². The standard InChI is InChI=1S/C22H29N3O4S/c1-22(2,3)29-21(27)25-11-5-10-24(12-13-25)20(26)18-15-30-19(23-18)14-16-6-8-17(28-4)9-7-16/h6-9,15H,5,10-14H2,1-4H3. The third-order valence-corrected chi connectivity index (χ3v) is 5.57. The summed E-state index contributed by atoms with van der Waals surface area (Å²) in [6, 6.07) is 7.84. The van der Waals surface area contributed by atoms with Gasteiger partial charge in [0.05, 0.1) is 12.1 Å². The third kappa shape index (κ3) is 5.95. The molecule has 0 aliphatic carbocycles. The number of ether oxygens (including phenoxy) is 2. The highest BCUT2D eigenvalue weighted by molar-refractivity contribution is 7.09. The highest BCUT2D eigenvalue weighted by Crippen LogP contribution is 2.19. The Balaban J connectivity index is 1.58. The molecule has 1 fully saturated rings. The minimum absolute atomic E-state index is 0.0849. The molecular weight excluding hydrogens is 402 g/mol. The van der Waals surface area contributed by atoms with Crippen molar-refractivity contribution in [2.24, 2.45) is 0 Å². The predicted molar refractivity (Wildman–Crippen MR) is 116 cm³/mol. The SMILES string of the molecule is COc1ccc(Cc2nc(C(=O)N3CCCN(C(=O)OC(C)(C)C)CC3)cs2)cc1. The fourth-order valence-electron chi connectivity index (χ4n) is 3.20. The molecule has 30 heavy (non-hydrogen) atoms. The summed E-state index contributed by atoms with van der Waals surface area (Å²) in [5, 5.41) is 2.71. The van der Waals surface area contributed by atoms with Crippen LogP contribution in [0.5, 0.6) is 5.75 Å². The van der Waals surface area contributed by atoms with Crippen molar-refractivity contribution in [1.82, 2.24) is 14.8 Å². The fraction of sp³-hybridized carbons (Fsp3) is 0.500. The number of carbonyl (C=O) groups is 2. The summed E-state index contributed by atoms with van der Waals surface area (Å²) in [5.41, 5.74) is 1.06. The van der Waals surface area contributed by atoms with E-state index in [-0.39, 0.29) is 12.0 Å². The summed E-state index contributed by atoms with van der Waals surface area (Å²) >= 11 is 1.49. The first-order valence-corrected chi connectivity index (χ1v) is 11.0. The molecule has 0 unspecified atom stereocenters. The molecule has 8 heteroatoms. The molecule has 0 radical (unpaired) electrons. The molecule has 1 aromatic heterocycles. The number of thiazole rings is 1. The molecule has 1 aliphatic rings. The van der Waals surface area contributed by atoms with Gasteiger partial charge >= 0.3 is 6.09 Å². The Labute approximate surface area is 181 Å². The van der Waals surface area contributed by atoms with E-state index in [1.165, 1.54) is 11.3 Å². The van der Waals surface area contributed by atoms with Crippen LogP contribution >= 0.6 is 11.3 Å². The highest BCUT2D eigenvalue weighted by atomic mass is 32.1. The van der Waals surface area contributed by atoms with Gasteiger partial charge in [0.15, 0.2) is 0 Å². The number of amides is 2. The van der Waals surface area contributed by atoms with E-state index in [0.717, 1.165) is 16.3 Å². The average Bonchev–Trinajstić information content (AvgIpc) is 3.01. The summed E-state index contributed by atoms with van der Waals surface area (Å²) in [5.74, 6) is 0.730. The van der Waals surface area contributed by atoms with Crippen molar-refractivity contribution in [2.45, 2.75) is 39.2 Å². The summed E-state index contributed by atoms with van der Waals surface area (Å²) in [6.45, 7) is 7.67. The van der Waals surface area contributed by atoms with Crippen molar-refractivity contribution in [3.8, 4) is 5.75 Å². The lowest BCUT2D eigenvalue weighted by Crippen LogP contribution is -2.40. The topological polar surface area (TPSA) is 72.0 Å². The summed E-state index contributed by atoms with van der Waals surface area (Å²) in [4.78, 5) is 33.2. The fourth-order valence-corrected chi connectivity index (χ4v) is 4.00. The van der Waals surface area contributed by atoms with Gasteiger partial charge in [-0.2, -0.15) is 0 Å². The number of benzene rings is 1. The maximum atomic E-state index is 12.9. The van der Waals surface area contributed by atoms with Crippen LogP contribution in [-0.4, -0.2) is 65.7 Å². The van der Waals surface area contributed by atoms with E-state index in [1.807, 2.05) is 50.4 Å². The van der Waals surface area contributed by atoms with Crippen LogP contribution in [0.4, 0.5) is 4.79 Å². The third-order valence-electron chi connectivity index (χ3n) is 4.72. The van der Waals surface area contributed by atoms with Gasteiger partial charge in [0.1, 0.15) is 17.0 Å². The monoisotopic (exact) mass is 431 g/mol. The van der Waals surface area contributed by atoms with E-state index < -0.39 is 5.60 Å². The average molecular weight is 432 g/mol. The highest BCUT2D eigenvalue weighted by Gasteiger charge is 2.27. The van der Waals surface area contributed by atoms with Gasteiger partial charge in [-0.1, -0.05) is 12.1 Å². The van der Waals surface area contributed by atoms with E-state index in [1.54, 1.807) is 16.9 Å². The minimum atomic E-state index is -0.528. The zero-order chi connectivity index (χ0) is 21.7. The van der Waals surface area contributed by atoms with Crippen LogP contribution in [0.1, 0.15) is 48.3 Å². The normalized spacial score (nSPS) is 14.9. The van der Waals surface area contributed by atoms with Crippen LogP contribution in [-0.2, 0) is 11.2 Å². The molecule has 2 heterocycles. The summed E-state index contributed by atoms with van der Waals surface area (Å²) < 4.78 is 10.6. The van der Waals surface area contributed by atoms with Crippen molar-refractivity contribution < 1.29 is 19.1 Å². The van der Waals surface area contributed by atoms with Gasteiger partial charge in [0.2, 0.25) is 0 Å². The van der Waals surface area contributed by atoms with Crippen molar-refractivity contribution in [1.29, 1.82) is 0 Å². The van der Waals surface area contributed by atoms with Crippen LogP contribution in [0.15, 0.2) is 29.6 Å². The van der Waals surface area contributed by atoms with Gasteiger partial charge in [-0.3, -0.25) is 4.79 Å². The van der Waals surface area contributed by atoms with Gasteiger partial charge < -0.3 is 19.3 Å². The maximum absolute atomic E-state index is 12.9. The molecule has 0 saturated carbocycles. The number of hydrogen-bond donors (Lipinski definition) is 0. The van der Waals surface area contributed by atoms with Crippen LogP contribution in [0.2, 0.25) is 0 Å². The number of rotatable bonds is 4. The molecule has 2 amide bonds. The Morgan fingerprint density at radius 1 is 1.07 bits per heavy atom. The lowest BCUT2D eigenvalue weighted by atomic mass is 10.1. The first-order valence-electron chi connectivity index (χ1n) is 10.1. The smallest absolute Gasteiger partial charge is 0.410 e. The molecule has 0 atom stereocenters. The van der Waals surface area contributed by atoms with E-state index in [4.69, 9.17) is 9.47 Å². The van der Waals surface area contributed by atoms with E-state index in [0.29, 0.717) is 44.7 Å². The van der Waals surface area contributed by atoms with E-state index >= 15 is 0 Å². The van der Waals surface area contributed by atoms with E-state index in [2.05, 4.69) is 4.98 Å². The van der Waals surface area contributed by atoms with Crippen LogP contribution in [0, 0.1) is 0 Å². The lowest BCUT2D eigenvalue weighted by molar-refractivity contribution is 0.0255. The number of methoxy groups -OCH3 is 1. The Hall–Kier alpha value is -2.61. The number of aromatic nitrogens is 1. The van der Waals surface area contributed by atoms with Gasteiger partial charge in [-0.15, -0.1) is 11.3 Å². The second-order valence-corrected chi connectivity index (χ2v) is 9.21. The molecule has 0 spiro atoms. The lowest BCUT2D eigenvalue weighted by Gasteiger charge is -2.26. The molecule has 1 saturated heterocycles. The first-order chi connectivity index (χ1) is 14.2. The van der Waals surface area contributed by atoms with Crippen LogP contribution in [0.25, 0.3) is 0 Å². The van der Waals surface area contributed by atoms with Gasteiger partial charge in [-0.25, -0.2) is 9.78 Å². The Morgan fingerprint density at radius 3 is 2.40 bits per heavy atom. The minimum Gasteiger partial charge on any atom is -0.497 e. The molecule has 2 aromatic rings. The number of nitrogens with zero attached hydrogens (tertiary/aromatic N) is 3. The Bertz CT molecular complexity index is 873. The largest absolute Gasteiger partial charge is 0.497 e. The quantitative estimate of drug-likeness (QED) is 0.736. The Kier molecular flexibility index (Phi) is 6.97. The summed E-state index contributed by atoms with van der Waals surface area (Å²) in [7, 11) is 1.64. The molecule has 0 bridgehead atoms. The number of hydrogen-bond acceptors (Lipinski definition) is 6. The molecule has 0 N–H and O–H groups in total. The zero-order valence-electron chi connectivity index (χ0n) is 18.0. The second kappa shape index (κ2) is 9.47. The van der Waals surface area contributed by atoms with Crippen LogP contribution in [0.3, 0.4) is 0 Å². The number of carbonyl (C=O) groups excluding carboxylic acids is 2. The first kappa shape index (κ1) is 22.1. The van der Waals surface area contributed by atoms with Gasteiger partial charge in [0, 0.05) is 38.0 Å². The molecule has 3 rings (SSSR count). The summed E-state index contributed by atoms with van der Waals surface area (Å²) in [6.07, 6.45) is 1.06. The molecular formula is C22H29N3O4S. The van der Waals surface area contributed by atoms with Crippen molar-refractivity contribution in [3.05, 3.63) is 45.9 Å².